The van der Waals surface area contributed by atoms with Gasteiger partial charge in [0.15, 0.2) is 6.61 Å². The Hall–Kier alpha value is -2.73. The SMILES string of the molecule is CCC[C@@H](NC(=O)COC(=O)c1cc(Cl)c(N)cc1OC)c1ccccc1. The highest BCUT2D eigenvalue weighted by Crippen LogP contribution is 2.29. The smallest absolute Gasteiger partial charge is 0.342 e. The number of hydrogen-bond donors (Lipinski definition) is 2. The number of rotatable bonds is 8. The molecule has 7 heteroatoms. The molecule has 0 aromatic heterocycles. The number of methoxy groups -OCH3 is 1. The molecular weight excluding hydrogens is 368 g/mol. The first kappa shape index (κ1) is 20.6. The van der Waals surface area contributed by atoms with E-state index < -0.39 is 12.6 Å². The average Bonchev–Trinajstić information content (AvgIpc) is 2.68. The average molecular weight is 391 g/mol. The summed E-state index contributed by atoms with van der Waals surface area (Å²) in [4.78, 5) is 24.5. The van der Waals surface area contributed by atoms with E-state index in [9.17, 15) is 9.59 Å². The van der Waals surface area contributed by atoms with Crippen molar-refractivity contribution in [3.8, 4) is 5.75 Å². The Labute approximate surface area is 163 Å². The first-order valence-electron chi connectivity index (χ1n) is 8.60. The summed E-state index contributed by atoms with van der Waals surface area (Å²) in [7, 11) is 1.40. The summed E-state index contributed by atoms with van der Waals surface area (Å²) in [6.45, 7) is 1.64. The summed E-state index contributed by atoms with van der Waals surface area (Å²) < 4.78 is 10.2. The molecule has 0 saturated carbocycles. The maximum atomic E-state index is 12.3. The Bertz CT molecular complexity index is 796. The lowest BCUT2D eigenvalue weighted by atomic mass is 10.0. The molecule has 2 aromatic carbocycles. The van der Waals surface area contributed by atoms with Crippen LogP contribution in [0.1, 0.15) is 41.7 Å². The number of nitrogen functional groups attached to an aromatic ring is 1. The standard InChI is InChI=1S/C20H23ClN2O4/c1-3-7-17(13-8-5-4-6-9-13)23-19(24)12-27-20(25)14-10-15(21)16(22)11-18(14)26-2/h4-6,8-11,17H,3,7,12,22H2,1-2H3,(H,23,24)/t17-/m1/s1. The zero-order chi connectivity index (χ0) is 19.8. The lowest BCUT2D eigenvalue weighted by Crippen LogP contribution is -2.32. The molecule has 0 spiro atoms. The van der Waals surface area contributed by atoms with Gasteiger partial charge < -0.3 is 20.5 Å². The van der Waals surface area contributed by atoms with Crippen LogP contribution in [0.15, 0.2) is 42.5 Å². The zero-order valence-electron chi connectivity index (χ0n) is 15.3. The Kier molecular flexibility index (Phi) is 7.49. The van der Waals surface area contributed by atoms with Crippen LogP contribution in [0.5, 0.6) is 5.75 Å². The summed E-state index contributed by atoms with van der Waals surface area (Å²) in [6.07, 6.45) is 1.69. The summed E-state index contributed by atoms with van der Waals surface area (Å²) in [5, 5.41) is 3.10. The van der Waals surface area contributed by atoms with Crippen LogP contribution in [0.25, 0.3) is 0 Å². The molecule has 6 nitrogen and oxygen atoms in total. The van der Waals surface area contributed by atoms with Crippen molar-refractivity contribution in [2.24, 2.45) is 0 Å². The molecule has 2 aromatic rings. The van der Waals surface area contributed by atoms with Crippen LogP contribution >= 0.6 is 11.6 Å². The second-order valence-corrected chi connectivity index (χ2v) is 6.38. The Morgan fingerprint density at radius 3 is 2.56 bits per heavy atom. The number of halogens is 1. The number of carbonyl (C=O) groups excluding carboxylic acids is 2. The lowest BCUT2D eigenvalue weighted by Gasteiger charge is -2.18. The van der Waals surface area contributed by atoms with Gasteiger partial charge in [-0.3, -0.25) is 4.79 Å². The van der Waals surface area contributed by atoms with Crippen LogP contribution in [-0.2, 0) is 9.53 Å². The van der Waals surface area contributed by atoms with E-state index in [1.54, 1.807) is 0 Å². The van der Waals surface area contributed by atoms with Crippen LogP contribution < -0.4 is 15.8 Å². The third kappa shape index (κ3) is 5.62. The Morgan fingerprint density at radius 2 is 1.93 bits per heavy atom. The number of nitrogens with two attached hydrogens (primary N) is 1. The predicted octanol–water partition coefficient (Wildman–Crippen LogP) is 3.75. The topological polar surface area (TPSA) is 90.7 Å². The molecule has 2 rings (SSSR count). The van der Waals surface area contributed by atoms with Crippen LogP contribution in [0.4, 0.5) is 5.69 Å². The second-order valence-electron chi connectivity index (χ2n) is 5.97. The van der Waals surface area contributed by atoms with Crippen molar-refractivity contribution in [2.75, 3.05) is 19.5 Å². The first-order chi connectivity index (χ1) is 13.0. The molecule has 1 atom stereocenters. The maximum absolute atomic E-state index is 12.3. The van der Waals surface area contributed by atoms with E-state index in [0.29, 0.717) is 0 Å². The first-order valence-corrected chi connectivity index (χ1v) is 8.98. The van der Waals surface area contributed by atoms with E-state index in [4.69, 9.17) is 26.8 Å². The normalized spacial score (nSPS) is 11.5. The fourth-order valence-corrected chi connectivity index (χ4v) is 2.80. The highest BCUT2D eigenvalue weighted by atomic mass is 35.5. The van der Waals surface area contributed by atoms with Gasteiger partial charge in [-0.2, -0.15) is 0 Å². The minimum Gasteiger partial charge on any atom is -0.496 e. The summed E-state index contributed by atoms with van der Waals surface area (Å²) >= 11 is 5.95. The maximum Gasteiger partial charge on any atom is 0.342 e. The Morgan fingerprint density at radius 1 is 1.22 bits per heavy atom. The second kappa shape index (κ2) is 9.83. The van der Waals surface area contributed by atoms with Gasteiger partial charge in [-0.05, 0) is 18.1 Å². The van der Waals surface area contributed by atoms with Gasteiger partial charge in [-0.15, -0.1) is 0 Å². The van der Waals surface area contributed by atoms with Crippen molar-refractivity contribution >= 4 is 29.2 Å². The van der Waals surface area contributed by atoms with Crippen LogP contribution in [0, 0.1) is 0 Å². The highest BCUT2D eigenvalue weighted by Gasteiger charge is 2.19. The molecule has 0 fully saturated rings. The van der Waals surface area contributed by atoms with E-state index in [0.717, 1.165) is 18.4 Å². The Balaban J connectivity index is 2.00. The van der Waals surface area contributed by atoms with Crippen LogP contribution in [0.2, 0.25) is 5.02 Å². The van der Waals surface area contributed by atoms with E-state index in [1.807, 2.05) is 37.3 Å². The zero-order valence-corrected chi connectivity index (χ0v) is 16.1. The van der Waals surface area contributed by atoms with Crippen molar-refractivity contribution in [2.45, 2.75) is 25.8 Å². The van der Waals surface area contributed by atoms with E-state index in [1.165, 1.54) is 19.2 Å². The molecule has 0 aliphatic carbocycles. The molecule has 0 aliphatic heterocycles. The van der Waals surface area contributed by atoms with Gasteiger partial charge in [0.2, 0.25) is 0 Å². The van der Waals surface area contributed by atoms with Gasteiger partial charge in [0.25, 0.3) is 5.91 Å². The van der Waals surface area contributed by atoms with Crippen LogP contribution in [0.3, 0.4) is 0 Å². The molecular formula is C20H23ClN2O4. The summed E-state index contributed by atoms with van der Waals surface area (Å²) in [5.74, 6) is -0.864. The van der Waals surface area contributed by atoms with Gasteiger partial charge in [-0.1, -0.05) is 55.3 Å². The molecule has 0 saturated heterocycles. The van der Waals surface area contributed by atoms with E-state index in [-0.39, 0.29) is 34.0 Å². The molecule has 0 heterocycles. The van der Waals surface area contributed by atoms with Gasteiger partial charge >= 0.3 is 5.97 Å². The predicted molar refractivity (Wildman–Crippen MR) is 105 cm³/mol. The van der Waals surface area contributed by atoms with Gasteiger partial charge in [0, 0.05) is 6.07 Å². The van der Waals surface area contributed by atoms with Gasteiger partial charge in [0.05, 0.1) is 23.9 Å². The van der Waals surface area contributed by atoms with Crippen molar-refractivity contribution in [1.82, 2.24) is 5.32 Å². The number of nitrogens with one attached hydrogen (secondary N) is 1. The number of anilines is 1. The number of hydrogen-bond acceptors (Lipinski definition) is 5. The number of ether oxygens (including phenoxy) is 2. The quantitative estimate of drug-likeness (QED) is 0.529. The molecule has 1 amide bonds. The highest BCUT2D eigenvalue weighted by molar-refractivity contribution is 6.33. The lowest BCUT2D eigenvalue weighted by molar-refractivity contribution is -0.125. The van der Waals surface area contributed by atoms with Crippen molar-refractivity contribution in [3.05, 3.63) is 58.6 Å². The fraction of sp³-hybridized carbons (Fsp3) is 0.300. The number of benzene rings is 2. The summed E-state index contributed by atoms with van der Waals surface area (Å²) in [6, 6.07) is 12.3. The molecule has 0 radical (unpaired) electrons. The van der Waals surface area contributed by atoms with Gasteiger partial charge in [-0.25, -0.2) is 4.79 Å². The molecule has 144 valence electrons. The van der Waals surface area contributed by atoms with Gasteiger partial charge in [0.1, 0.15) is 11.3 Å². The molecule has 0 bridgehead atoms. The minimum atomic E-state index is -0.712. The summed E-state index contributed by atoms with van der Waals surface area (Å²) in [5.41, 5.74) is 7.10. The fourth-order valence-electron chi connectivity index (χ4n) is 2.64. The van der Waals surface area contributed by atoms with E-state index >= 15 is 0 Å². The monoisotopic (exact) mass is 390 g/mol. The molecule has 3 N–H and O–H groups in total. The van der Waals surface area contributed by atoms with Crippen molar-refractivity contribution < 1.29 is 19.1 Å². The number of esters is 1. The third-order valence-corrected chi connectivity index (χ3v) is 4.31. The molecule has 0 aliphatic rings. The molecule has 27 heavy (non-hydrogen) atoms. The van der Waals surface area contributed by atoms with Crippen molar-refractivity contribution in [1.29, 1.82) is 0 Å². The molecule has 0 unspecified atom stereocenters. The van der Waals surface area contributed by atoms with Crippen molar-refractivity contribution in [3.63, 3.8) is 0 Å². The van der Waals surface area contributed by atoms with E-state index in [2.05, 4.69) is 5.32 Å². The third-order valence-electron chi connectivity index (χ3n) is 3.99. The van der Waals surface area contributed by atoms with Crippen LogP contribution in [-0.4, -0.2) is 25.6 Å². The number of amides is 1. The largest absolute Gasteiger partial charge is 0.496 e. The minimum absolute atomic E-state index is 0.109. The number of carbonyl (C=O) groups is 2.